The molecule has 0 aromatic heterocycles. The normalized spacial score (nSPS) is 14.5. The van der Waals surface area contributed by atoms with E-state index in [-0.39, 0.29) is 4.70 Å². The third-order valence-electron chi connectivity index (χ3n) is 1.44. The molecule has 0 radical (unpaired) electrons. The number of ether oxygens (including phenoxy) is 1. The molecule has 0 fully saturated rings. The molecule has 0 amide bonds. The van der Waals surface area contributed by atoms with Gasteiger partial charge in [0.1, 0.15) is 0 Å². The Bertz CT molecular complexity index is 244. The molecule has 0 rings (SSSR count). The molecule has 0 saturated carbocycles. The lowest BCUT2D eigenvalue weighted by Crippen LogP contribution is -2.61. The summed E-state index contributed by atoms with van der Waals surface area (Å²) >= 11 is 0. The van der Waals surface area contributed by atoms with Gasteiger partial charge in [0.15, 0.2) is 0 Å². The molecule has 0 aliphatic heterocycles. The van der Waals surface area contributed by atoms with E-state index in [0.29, 0.717) is 0 Å². The largest absolute Gasteiger partial charge is 0.460 e. The molecule has 0 aromatic rings. The van der Waals surface area contributed by atoms with Crippen LogP contribution in [0.15, 0.2) is 0 Å². The van der Waals surface area contributed by atoms with Gasteiger partial charge in [0.05, 0.1) is 6.61 Å². The SMILES string of the molecule is CCOC(F)(F)C(F)(F)C(F)(F)C(F)(F)F.F. The Hall–Kier alpha value is -0.740. The lowest BCUT2D eigenvalue weighted by Gasteiger charge is -2.32. The van der Waals surface area contributed by atoms with Gasteiger partial charge < -0.3 is 4.74 Å². The van der Waals surface area contributed by atoms with Crippen LogP contribution in [0.4, 0.5) is 44.2 Å². The van der Waals surface area contributed by atoms with E-state index >= 15 is 0 Å². The number of halogens is 10. The van der Waals surface area contributed by atoms with Crippen molar-refractivity contribution in [2.75, 3.05) is 6.61 Å². The summed E-state index contributed by atoms with van der Waals surface area (Å²) in [5.74, 6) is -13.6. The molecular weight excluding hydrogens is 278 g/mol. The monoisotopic (exact) mass is 284 g/mol. The highest BCUT2D eigenvalue weighted by Crippen LogP contribution is 2.53. The van der Waals surface area contributed by atoms with E-state index in [0.717, 1.165) is 6.92 Å². The minimum absolute atomic E-state index is 0. The summed E-state index contributed by atoms with van der Waals surface area (Å²) in [6.07, 6.45) is -12.7. The topological polar surface area (TPSA) is 9.23 Å². The second kappa shape index (κ2) is 4.86. The van der Waals surface area contributed by atoms with Crippen LogP contribution in [-0.2, 0) is 4.74 Å². The smallest absolute Gasteiger partial charge is 0.316 e. The Balaban J connectivity index is 0. The van der Waals surface area contributed by atoms with Gasteiger partial charge in [0.25, 0.3) is 0 Å². The predicted octanol–water partition coefficient (Wildman–Crippen LogP) is 3.60. The lowest BCUT2D eigenvalue weighted by atomic mass is 10.1. The number of hydrogen-bond donors (Lipinski definition) is 0. The van der Waals surface area contributed by atoms with Crippen molar-refractivity contribution in [1.29, 1.82) is 0 Å². The van der Waals surface area contributed by atoms with Crippen molar-refractivity contribution in [1.82, 2.24) is 0 Å². The van der Waals surface area contributed by atoms with Crippen molar-refractivity contribution >= 4 is 0 Å². The Kier molecular flexibility index (Phi) is 5.33. The highest BCUT2D eigenvalue weighted by Gasteiger charge is 2.82. The van der Waals surface area contributed by atoms with Crippen LogP contribution in [-0.4, -0.2) is 30.7 Å². The van der Waals surface area contributed by atoms with E-state index in [1.54, 1.807) is 0 Å². The third kappa shape index (κ3) is 2.93. The molecule has 17 heavy (non-hydrogen) atoms. The Morgan fingerprint density at radius 3 is 1.35 bits per heavy atom. The van der Waals surface area contributed by atoms with Crippen LogP contribution in [0.3, 0.4) is 0 Å². The van der Waals surface area contributed by atoms with Crippen molar-refractivity contribution in [3.05, 3.63) is 0 Å². The summed E-state index contributed by atoms with van der Waals surface area (Å²) in [7, 11) is 0. The molecular formula is C6H6F10O. The van der Waals surface area contributed by atoms with Gasteiger partial charge in [-0.25, -0.2) is 0 Å². The average Bonchev–Trinajstić information content (AvgIpc) is 2.01. The summed E-state index contributed by atoms with van der Waals surface area (Å²) in [5.41, 5.74) is 0. The van der Waals surface area contributed by atoms with Crippen LogP contribution in [0, 0.1) is 0 Å². The first-order valence-electron chi connectivity index (χ1n) is 3.65. The molecule has 0 aliphatic carbocycles. The van der Waals surface area contributed by atoms with Crippen LogP contribution >= 0.6 is 0 Å². The molecule has 0 aromatic carbocycles. The molecule has 0 bridgehead atoms. The van der Waals surface area contributed by atoms with Crippen molar-refractivity contribution < 1.29 is 49.0 Å². The Morgan fingerprint density at radius 2 is 1.12 bits per heavy atom. The highest BCUT2D eigenvalue weighted by molar-refractivity contribution is 4.96. The van der Waals surface area contributed by atoms with Crippen molar-refractivity contribution in [2.45, 2.75) is 31.1 Å². The van der Waals surface area contributed by atoms with Gasteiger partial charge in [-0.3, -0.25) is 4.70 Å². The van der Waals surface area contributed by atoms with E-state index in [4.69, 9.17) is 0 Å². The Labute approximate surface area is 87.9 Å². The van der Waals surface area contributed by atoms with Gasteiger partial charge in [0.2, 0.25) is 0 Å². The fourth-order valence-corrected chi connectivity index (χ4v) is 0.633. The minimum Gasteiger partial charge on any atom is -0.316 e. The van der Waals surface area contributed by atoms with Crippen molar-refractivity contribution in [2.24, 2.45) is 0 Å². The van der Waals surface area contributed by atoms with E-state index in [1.807, 2.05) is 0 Å². The molecule has 106 valence electrons. The predicted molar refractivity (Wildman–Crippen MR) is 35.0 cm³/mol. The summed E-state index contributed by atoms with van der Waals surface area (Å²) in [4.78, 5) is 0. The molecule has 0 aliphatic rings. The fourth-order valence-electron chi connectivity index (χ4n) is 0.633. The van der Waals surface area contributed by atoms with Crippen LogP contribution in [0.25, 0.3) is 0 Å². The highest BCUT2D eigenvalue weighted by atomic mass is 19.4. The van der Waals surface area contributed by atoms with Gasteiger partial charge in [-0.1, -0.05) is 0 Å². The quantitative estimate of drug-likeness (QED) is 0.717. The fraction of sp³-hybridized carbons (Fsp3) is 1.00. The van der Waals surface area contributed by atoms with Gasteiger partial charge in [0, 0.05) is 0 Å². The van der Waals surface area contributed by atoms with Crippen LogP contribution in [0.1, 0.15) is 6.92 Å². The first kappa shape index (κ1) is 18.6. The summed E-state index contributed by atoms with van der Waals surface area (Å²) in [6.45, 7) is -0.424. The average molecular weight is 284 g/mol. The standard InChI is InChI=1S/C6H5F9O.FH/c1-2-16-6(14,15)4(9,10)3(7,8)5(11,12)13;/h2H2,1H3;1H. The molecule has 1 nitrogen and oxygen atoms in total. The Morgan fingerprint density at radius 1 is 0.765 bits per heavy atom. The zero-order chi connectivity index (χ0) is 13.4. The van der Waals surface area contributed by atoms with Gasteiger partial charge >= 0.3 is 24.1 Å². The minimum atomic E-state index is -6.89. The molecule has 0 N–H and O–H groups in total. The zero-order valence-electron chi connectivity index (χ0n) is 7.93. The number of rotatable bonds is 4. The van der Waals surface area contributed by atoms with E-state index in [2.05, 4.69) is 4.74 Å². The molecule has 0 spiro atoms. The summed E-state index contributed by atoms with van der Waals surface area (Å²) in [6, 6.07) is 0. The van der Waals surface area contributed by atoms with Crippen LogP contribution < -0.4 is 0 Å². The molecule has 0 unspecified atom stereocenters. The second-order valence-corrected chi connectivity index (χ2v) is 2.60. The van der Waals surface area contributed by atoms with E-state index in [9.17, 15) is 39.5 Å². The van der Waals surface area contributed by atoms with Gasteiger partial charge in [-0.2, -0.15) is 39.5 Å². The first-order chi connectivity index (χ1) is 6.81. The maximum Gasteiger partial charge on any atom is 0.460 e. The molecule has 11 heteroatoms. The molecule has 0 saturated heterocycles. The van der Waals surface area contributed by atoms with Crippen molar-refractivity contribution in [3.63, 3.8) is 0 Å². The summed E-state index contributed by atoms with van der Waals surface area (Å²) in [5, 5.41) is 0. The van der Waals surface area contributed by atoms with E-state index < -0.39 is 30.7 Å². The van der Waals surface area contributed by atoms with E-state index in [1.165, 1.54) is 0 Å². The summed E-state index contributed by atoms with van der Waals surface area (Å²) < 4.78 is 111. The molecule has 0 atom stereocenters. The number of alkyl halides is 9. The van der Waals surface area contributed by atoms with Crippen LogP contribution in [0.2, 0.25) is 0 Å². The van der Waals surface area contributed by atoms with Crippen LogP contribution in [0.5, 0.6) is 0 Å². The lowest BCUT2D eigenvalue weighted by molar-refractivity contribution is -0.443. The zero-order valence-corrected chi connectivity index (χ0v) is 7.93. The second-order valence-electron chi connectivity index (χ2n) is 2.60. The third-order valence-corrected chi connectivity index (χ3v) is 1.44. The van der Waals surface area contributed by atoms with Gasteiger partial charge in [-0.15, -0.1) is 0 Å². The van der Waals surface area contributed by atoms with Gasteiger partial charge in [-0.05, 0) is 6.92 Å². The maximum atomic E-state index is 12.3. The number of hydrogen-bond acceptors (Lipinski definition) is 1. The first-order valence-corrected chi connectivity index (χ1v) is 3.65. The van der Waals surface area contributed by atoms with Crippen molar-refractivity contribution in [3.8, 4) is 0 Å². The maximum absolute atomic E-state index is 12.3. The molecule has 0 heterocycles.